The fourth-order valence-electron chi connectivity index (χ4n) is 4.23. The van der Waals surface area contributed by atoms with Crippen LogP contribution in [-0.4, -0.2) is 55.5 Å². The number of carbonyl (C=O) groups is 2. The molecular formula is C25H40N4O4. The summed E-state index contributed by atoms with van der Waals surface area (Å²) < 4.78 is 10.7. The molecule has 1 saturated carbocycles. The van der Waals surface area contributed by atoms with E-state index in [1.807, 2.05) is 26.0 Å². The van der Waals surface area contributed by atoms with Crippen molar-refractivity contribution < 1.29 is 19.1 Å². The lowest BCUT2D eigenvalue weighted by atomic mass is 9.94. The highest BCUT2D eigenvalue weighted by atomic mass is 16.5. The highest BCUT2D eigenvalue weighted by Crippen LogP contribution is 2.28. The predicted octanol–water partition coefficient (Wildman–Crippen LogP) is 3.42. The predicted molar refractivity (Wildman–Crippen MR) is 131 cm³/mol. The average Bonchev–Trinajstić information content (AvgIpc) is 2.83. The Balaban J connectivity index is 2.13. The van der Waals surface area contributed by atoms with Crippen molar-refractivity contribution in [3.05, 3.63) is 23.8 Å². The smallest absolute Gasteiger partial charge is 0.233 e. The maximum atomic E-state index is 13.4. The normalized spacial score (nSPS) is 15.6. The van der Waals surface area contributed by atoms with Gasteiger partial charge in [-0.25, -0.2) is 0 Å². The first kappa shape index (κ1) is 26.5. The summed E-state index contributed by atoms with van der Waals surface area (Å²) in [5.41, 5.74) is 7.22. The van der Waals surface area contributed by atoms with Crippen LogP contribution in [0.5, 0.6) is 11.5 Å². The van der Waals surface area contributed by atoms with Gasteiger partial charge in [0.1, 0.15) is 0 Å². The molecule has 0 radical (unpaired) electrons. The number of aliphatic imine (C=N–C) groups is 1. The van der Waals surface area contributed by atoms with E-state index < -0.39 is 0 Å². The molecule has 1 atom stereocenters. The van der Waals surface area contributed by atoms with Gasteiger partial charge in [-0.3, -0.25) is 19.5 Å². The molecular weight excluding hydrogens is 420 g/mol. The molecule has 0 bridgehead atoms. The number of guanidine groups is 1. The number of amides is 2. The molecule has 1 aliphatic rings. The maximum absolute atomic E-state index is 13.4. The Bertz CT molecular complexity index is 806. The topological polar surface area (TPSA) is 106 Å². The Morgan fingerprint density at radius 1 is 1.15 bits per heavy atom. The molecule has 8 nitrogen and oxygen atoms in total. The van der Waals surface area contributed by atoms with Gasteiger partial charge in [-0.1, -0.05) is 39.2 Å². The van der Waals surface area contributed by atoms with E-state index >= 15 is 0 Å². The number of nitrogens with one attached hydrogen (secondary N) is 1. The number of benzene rings is 1. The Kier molecular flexibility index (Phi) is 11.0. The van der Waals surface area contributed by atoms with Crippen molar-refractivity contribution >= 4 is 17.8 Å². The van der Waals surface area contributed by atoms with Crippen LogP contribution in [-0.2, 0) is 16.0 Å². The van der Waals surface area contributed by atoms with Crippen LogP contribution in [0.3, 0.4) is 0 Å². The monoisotopic (exact) mass is 460 g/mol. The van der Waals surface area contributed by atoms with Gasteiger partial charge in [-0.15, -0.1) is 0 Å². The number of ether oxygens (including phenoxy) is 2. The van der Waals surface area contributed by atoms with Gasteiger partial charge in [0.05, 0.1) is 20.6 Å². The molecule has 0 heterocycles. The van der Waals surface area contributed by atoms with Gasteiger partial charge in [0.25, 0.3) is 0 Å². The number of rotatable bonds is 11. The number of nitrogens with two attached hydrogens (primary N) is 1. The second-order valence-electron chi connectivity index (χ2n) is 8.48. The molecule has 1 fully saturated rings. The largest absolute Gasteiger partial charge is 0.493 e. The van der Waals surface area contributed by atoms with Crippen LogP contribution in [0, 0.1) is 0 Å². The zero-order valence-electron chi connectivity index (χ0n) is 20.6. The Morgan fingerprint density at radius 2 is 1.85 bits per heavy atom. The molecule has 33 heavy (non-hydrogen) atoms. The van der Waals surface area contributed by atoms with Crippen molar-refractivity contribution in [3.63, 3.8) is 0 Å². The lowest BCUT2D eigenvalue weighted by Crippen LogP contribution is -2.50. The maximum Gasteiger partial charge on any atom is 0.233 e. The van der Waals surface area contributed by atoms with Crippen molar-refractivity contribution in [2.45, 2.75) is 83.7 Å². The minimum absolute atomic E-state index is 0.0349. The van der Waals surface area contributed by atoms with Gasteiger partial charge >= 0.3 is 0 Å². The zero-order chi connectivity index (χ0) is 24.2. The highest BCUT2D eigenvalue weighted by Gasteiger charge is 2.28. The van der Waals surface area contributed by atoms with Crippen LogP contribution >= 0.6 is 0 Å². The summed E-state index contributed by atoms with van der Waals surface area (Å²) in [6.07, 6.45) is 7.38. The minimum atomic E-state index is -0.0679. The van der Waals surface area contributed by atoms with Gasteiger partial charge < -0.3 is 20.5 Å². The SMILES string of the molecule is CCC(=O)N[C@H](CC)CCN=C(N)N(C(=O)Cc1ccc(OC)c(OC)c1)C1CCCCC1. The van der Waals surface area contributed by atoms with Crippen LogP contribution in [0.15, 0.2) is 23.2 Å². The van der Waals surface area contributed by atoms with E-state index in [0.29, 0.717) is 30.9 Å². The van der Waals surface area contributed by atoms with Crippen molar-refractivity contribution in [3.8, 4) is 11.5 Å². The summed E-state index contributed by atoms with van der Waals surface area (Å²) in [5.74, 6) is 1.45. The van der Waals surface area contributed by atoms with E-state index in [9.17, 15) is 9.59 Å². The van der Waals surface area contributed by atoms with Crippen LogP contribution in [0.25, 0.3) is 0 Å². The van der Waals surface area contributed by atoms with Gasteiger partial charge in [-0.05, 0) is 43.4 Å². The van der Waals surface area contributed by atoms with Gasteiger partial charge in [-0.2, -0.15) is 0 Å². The summed E-state index contributed by atoms with van der Waals surface area (Å²) in [6, 6.07) is 5.62. The minimum Gasteiger partial charge on any atom is -0.493 e. The molecule has 184 valence electrons. The first-order valence-corrected chi connectivity index (χ1v) is 12.1. The summed E-state index contributed by atoms with van der Waals surface area (Å²) in [5, 5.41) is 3.01. The molecule has 1 aliphatic carbocycles. The molecule has 3 N–H and O–H groups in total. The quantitative estimate of drug-likeness (QED) is 0.389. The van der Waals surface area contributed by atoms with Crippen LogP contribution in [0.4, 0.5) is 0 Å². The van der Waals surface area contributed by atoms with Gasteiger partial charge in [0.2, 0.25) is 11.8 Å². The van der Waals surface area contributed by atoms with Gasteiger partial charge in [0, 0.05) is 25.0 Å². The van der Waals surface area contributed by atoms with Crippen molar-refractivity contribution in [2.75, 3.05) is 20.8 Å². The molecule has 0 saturated heterocycles. The van der Waals surface area contributed by atoms with E-state index in [0.717, 1.165) is 37.7 Å². The van der Waals surface area contributed by atoms with Crippen molar-refractivity contribution in [1.29, 1.82) is 0 Å². The van der Waals surface area contributed by atoms with Gasteiger partial charge in [0.15, 0.2) is 17.5 Å². The van der Waals surface area contributed by atoms with E-state index in [1.54, 1.807) is 25.2 Å². The molecule has 2 rings (SSSR count). The van der Waals surface area contributed by atoms with Crippen LogP contribution < -0.4 is 20.5 Å². The van der Waals surface area contributed by atoms with E-state index in [1.165, 1.54) is 6.42 Å². The fourth-order valence-corrected chi connectivity index (χ4v) is 4.23. The second-order valence-corrected chi connectivity index (χ2v) is 8.48. The number of carbonyl (C=O) groups excluding carboxylic acids is 2. The van der Waals surface area contributed by atoms with Crippen LogP contribution in [0.1, 0.15) is 70.8 Å². The van der Waals surface area contributed by atoms with E-state index in [-0.39, 0.29) is 36.3 Å². The highest BCUT2D eigenvalue weighted by molar-refractivity contribution is 5.97. The third kappa shape index (κ3) is 7.94. The summed E-state index contributed by atoms with van der Waals surface area (Å²) in [7, 11) is 3.16. The molecule has 0 unspecified atom stereocenters. The Labute approximate surface area is 197 Å². The first-order chi connectivity index (χ1) is 15.9. The standard InChI is InChI=1S/C25H40N4O4/c1-5-19(28-23(30)6-2)14-15-27-25(26)29(20-10-8-7-9-11-20)24(31)17-18-12-13-21(32-3)22(16-18)33-4/h12-13,16,19-20H,5-11,14-15,17H2,1-4H3,(H2,26,27)(H,28,30)/t19-/m1/s1. The van der Waals surface area contributed by atoms with Crippen LogP contribution in [0.2, 0.25) is 0 Å². The summed E-state index contributed by atoms with van der Waals surface area (Å²) in [4.78, 5) is 31.3. The molecule has 0 spiro atoms. The molecule has 0 aromatic heterocycles. The van der Waals surface area contributed by atoms with E-state index in [2.05, 4.69) is 10.3 Å². The number of methoxy groups -OCH3 is 2. The first-order valence-electron chi connectivity index (χ1n) is 12.1. The average molecular weight is 461 g/mol. The van der Waals surface area contributed by atoms with E-state index in [4.69, 9.17) is 15.2 Å². The number of hydrogen-bond donors (Lipinski definition) is 2. The zero-order valence-corrected chi connectivity index (χ0v) is 20.6. The summed E-state index contributed by atoms with van der Waals surface area (Å²) in [6.45, 7) is 4.33. The number of hydrogen-bond acceptors (Lipinski definition) is 5. The third-order valence-corrected chi connectivity index (χ3v) is 6.19. The van der Waals surface area contributed by atoms with Crippen molar-refractivity contribution in [2.24, 2.45) is 10.7 Å². The molecule has 8 heteroatoms. The molecule has 2 amide bonds. The molecule has 0 aliphatic heterocycles. The fraction of sp³-hybridized carbons (Fsp3) is 0.640. The lowest BCUT2D eigenvalue weighted by Gasteiger charge is -2.33. The third-order valence-electron chi connectivity index (χ3n) is 6.19. The molecule has 1 aromatic carbocycles. The number of nitrogens with zero attached hydrogens (tertiary/aromatic N) is 2. The molecule has 1 aromatic rings. The Hall–Kier alpha value is -2.77. The Morgan fingerprint density at radius 3 is 2.45 bits per heavy atom. The lowest BCUT2D eigenvalue weighted by molar-refractivity contribution is -0.128. The summed E-state index contributed by atoms with van der Waals surface area (Å²) >= 11 is 0. The second kappa shape index (κ2) is 13.7. The van der Waals surface area contributed by atoms with Crippen molar-refractivity contribution in [1.82, 2.24) is 10.2 Å².